The number of hydrogen-bond donors (Lipinski definition) is 8. The van der Waals surface area contributed by atoms with Crippen LogP contribution in [0.15, 0.2) is 24.3 Å². The highest BCUT2D eigenvalue weighted by molar-refractivity contribution is 5.80. The Morgan fingerprint density at radius 3 is 1.16 bits per heavy atom. The van der Waals surface area contributed by atoms with Gasteiger partial charge < -0.3 is 50.5 Å². The Kier molecular flexibility index (Phi) is 52.7. The topological polar surface area (TPSA) is 189 Å². The lowest BCUT2D eigenvalue weighted by molar-refractivity contribution is -0.303. The second kappa shape index (κ2) is 55.1. The summed E-state index contributed by atoms with van der Waals surface area (Å²) >= 11 is 0. The van der Waals surface area contributed by atoms with Gasteiger partial charge in [0.1, 0.15) is 36.6 Å². The molecule has 11 nitrogen and oxygen atoms in total. The molecule has 0 radical (unpaired) electrons. The maximum absolute atomic E-state index is 13.2. The molecule has 0 aromatic carbocycles. The first-order valence-electron chi connectivity index (χ1n) is 33.2. The number of aliphatic hydroxyl groups excluding tert-OH is 7. The van der Waals surface area contributed by atoms with E-state index in [4.69, 9.17) is 9.47 Å². The molecule has 1 aliphatic heterocycles. The summed E-state index contributed by atoms with van der Waals surface area (Å²) in [4.78, 5) is 13.2. The molecule has 0 aromatic rings. The van der Waals surface area contributed by atoms with Crippen molar-refractivity contribution in [1.82, 2.24) is 5.32 Å². The summed E-state index contributed by atoms with van der Waals surface area (Å²) in [6.45, 7) is 3.48. The Balaban J connectivity index is 2.23. The predicted octanol–water partition coefficient (Wildman–Crippen LogP) is 15.2. The number of hydrogen-bond acceptors (Lipinski definition) is 10. The predicted molar refractivity (Wildman–Crippen MR) is 321 cm³/mol. The van der Waals surface area contributed by atoms with Crippen LogP contribution in [-0.2, 0) is 14.3 Å². The number of aliphatic hydroxyl groups is 7. The van der Waals surface area contributed by atoms with Gasteiger partial charge in [-0.1, -0.05) is 295 Å². The Hall–Kier alpha value is -1.41. The maximum atomic E-state index is 13.2. The molecule has 9 unspecified atom stereocenters. The smallest absolute Gasteiger partial charge is 0.249 e. The Labute approximate surface area is 474 Å². The number of allylic oxidation sites excluding steroid dienone is 4. The molecule has 9 atom stereocenters. The van der Waals surface area contributed by atoms with E-state index in [1.165, 1.54) is 238 Å². The molecular formula is C66H127NO10. The molecule has 1 saturated heterocycles. The summed E-state index contributed by atoms with van der Waals surface area (Å²) in [6.07, 6.45) is 56.9. The Morgan fingerprint density at radius 2 is 0.779 bits per heavy atom. The van der Waals surface area contributed by atoms with Crippen molar-refractivity contribution in [3.8, 4) is 0 Å². The van der Waals surface area contributed by atoms with E-state index in [0.29, 0.717) is 19.3 Å². The molecule has 0 saturated carbocycles. The van der Waals surface area contributed by atoms with Crippen LogP contribution in [0.4, 0.5) is 0 Å². The van der Waals surface area contributed by atoms with Gasteiger partial charge in [-0.15, -0.1) is 0 Å². The van der Waals surface area contributed by atoms with Crippen LogP contribution in [0.5, 0.6) is 0 Å². The van der Waals surface area contributed by atoms with E-state index < -0.39 is 74.2 Å². The fraction of sp³-hybridized carbons (Fsp3) is 0.924. The van der Waals surface area contributed by atoms with E-state index in [1.807, 2.05) is 0 Å². The van der Waals surface area contributed by atoms with Gasteiger partial charge in [0.15, 0.2) is 6.29 Å². The van der Waals surface area contributed by atoms with Crippen molar-refractivity contribution in [2.45, 2.75) is 377 Å². The van der Waals surface area contributed by atoms with Crippen LogP contribution in [0.2, 0.25) is 0 Å². The molecule has 0 bridgehead atoms. The minimum atomic E-state index is -1.67. The lowest BCUT2D eigenvalue weighted by Crippen LogP contribution is -2.60. The lowest BCUT2D eigenvalue weighted by Gasteiger charge is -2.40. The first kappa shape index (κ1) is 73.6. The number of rotatable bonds is 58. The van der Waals surface area contributed by atoms with Crippen LogP contribution >= 0.6 is 0 Å². The van der Waals surface area contributed by atoms with Gasteiger partial charge in [-0.2, -0.15) is 0 Å². The molecule has 77 heavy (non-hydrogen) atoms. The quantitative estimate of drug-likeness (QED) is 0.0215. The summed E-state index contributed by atoms with van der Waals surface area (Å²) in [6, 6.07) is -1.19. The normalized spacial score (nSPS) is 19.6. The van der Waals surface area contributed by atoms with E-state index in [2.05, 4.69) is 43.5 Å². The average Bonchev–Trinajstić information content (AvgIpc) is 3.43. The third kappa shape index (κ3) is 43.0. The van der Waals surface area contributed by atoms with E-state index in [1.54, 1.807) is 0 Å². The van der Waals surface area contributed by atoms with E-state index >= 15 is 0 Å². The molecule has 0 spiro atoms. The highest BCUT2D eigenvalue weighted by Gasteiger charge is 2.44. The highest BCUT2D eigenvalue weighted by atomic mass is 16.7. The monoisotopic (exact) mass is 1090 g/mol. The standard InChI is InChI=1S/C66H127NO10/c1-3-5-7-9-11-13-15-17-19-21-23-24-25-26-27-28-29-30-31-32-33-34-35-36-38-39-41-43-45-47-49-51-53-58(69)61(71)57(56-76-66-64(74)63(73)62(72)60(55-68)77-66)67-65(75)59(70)54-52-50-48-46-44-42-40-37-22-20-18-16-14-12-10-8-6-4-2/h38-39,45,47,57-64,66,68-74H,3-37,40-44,46,48-56H2,1-2H3,(H,67,75)/b39-38+,47-45+. The summed E-state index contributed by atoms with van der Waals surface area (Å²) in [5.41, 5.74) is 0. The van der Waals surface area contributed by atoms with Crippen LogP contribution in [0.1, 0.15) is 322 Å². The largest absolute Gasteiger partial charge is 0.394 e. The molecule has 0 aliphatic carbocycles. The van der Waals surface area contributed by atoms with Crippen LogP contribution < -0.4 is 5.32 Å². The molecule has 1 amide bonds. The summed E-state index contributed by atoms with van der Waals surface area (Å²) in [5, 5.41) is 76.3. The van der Waals surface area contributed by atoms with Crippen molar-refractivity contribution in [1.29, 1.82) is 0 Å². The second-order valence-corrected chi connectivity index (χ2v) is 23.5. The zero-order chi connectivity index (χ0) is 56.1. The van der Waals surface area contributed by atoms with E-state index in [0.717, 1.165) is 38.5 Å². The third-order valence-corrected chi connectivity index (χ3v) is 16.2. The molecule has 456 valence electrons. The molecule has 0 aromatic heterocycles. The van der Waals surface area contributed by atoms with Gasteiger partial charge in [0.2, 0.25) is 5.91 Å². The van der Waals surface area contributed by atoms with Gasteiger partial charge in [-0.05, 0) is 51.4 Å². The SMILES string of the molecule is CCCCCCCCCCCCCCCCCCCCCCCCC/C=C/CC/C=C/CCCC(O)C(O)C(COC1OC(CO)C(O)C(O)C1O)NC(=O)C(O)CCCCCCCCCCCCCCCCCCCC. The van der Waals surface area contributed by atoms with Crippen LogP contribution in [0, 0.1) is 0 Å². The van der Waals surface area contributed by atoms with Gasteiger partial charge >= 0.3 is 0 Å². The van der Waals surface area contributed by atoms with Crippen molar-refractivity contribution in [2.75, 3.05) is 13.2 Å². The minimum Gasteiger partial charge on any atom is -0.394 e. The molecule has 11 heteroatoms. The summed E-state index contributed by atoms with van der Waals surface area (Å²) in [5.74, 6) is -0.705. The molecule has 1 heterocycles. The molecule has 1 aliphatic rings. The fourth-order valence-corrected chi connectivity index (χ4v) is 10.9. The second-order valence-electron chi connectivity index (χ2n) is 23.5. The molecule has 1 rings (SSSR count). The van der Waals surface area contributed by atoms with Gasteiger partial charge in [0.25, 0.3) is 0 Å². The Morgan fingerprint density at radius 1 is 0.442 bits per heavy atom. The van der Waals surface area contributed by atoms with Crippen molar-refractivity contribution >= 4 is 5.91 Å². The molecular weight excluding hydrogens is 967 g/mol. The summed E-state index contributed by atoms with van der Waals surface area (Å²) < 4.78 is 11.2. The van der Waals surface area contributed by atoms with E-state index in [9.17, 15) is 40.5 Å². The number of carbonyl (C=O) groups excluding carboxylic acids is 1. The van der Waals surface area contributed by atoms with Gasteiger partial charge in [-0.25, -0.2) is 0 Å². The first-order valence-corrected chi connectivity index (χ1v) is 33.2. The zero-order valence-corrected chi connectivity index (χ0v) is 50.2. The molecule has 8 N–H and O–H groups in total. The van der Waals surface area contributed by atoms with Gasteiger partial charge in [0, 0.05) is 0 Å². The average molecular weight is 1090 g/mol. The molecule has 1 fully saturated rings. The number of nitrogens with one attached hydrogen (secondary N) is 1. The number of unbranched alkanes of at least 4 members (excludes halogenated alkanes) is 42. The first-order chi connectivity index (χ1) is 37.7. The number of amides is 1. The van der Waals surface area contributed by atoms with Gasteiger partial charge in [0.05, 0.1) is 25.4 Å². The fourth-order valence-electron chi connectivity index (χ4n) is 10.9. The number of carbonyl (C=O) groups is 1. The van der Waals surface area contributed by atoms with Gasteiger partial charge in [-0.3, -0.25) is 4.79 Å². The van der Waals surface area contributed by atoms with Crippen LogP contribution in [-0.4, -0.2) is 110 Å². The van der Waals surface area contributed by atoms with Crippen molar-refractivity contribution in [2.24, 2.45) is 0 Å². The minimum absolute atomic E-state index is 0.249. The van der Waals surface area contributed by atoms with Crippen molar-refractivity contribution in [3.05, 3.63) is 24.3 Å². The van der Waals surface area contributed by atoms with Crippen molar-refractivity contribution in [3.63, 3.8) is 0 Å². The maximum Gasteiger partial charge on any atom is 0.249 e. The van der Waals surface area contributed by atoms with Crippen LogP contribution in [0.3, 0.4) is 0 Å². The van der Waals surface area contributed by atoms with Crippen LogP contribution in [0.25, 0.3) is 0 Å². The summed E-state index contributed by atoms with van der Waals surface area (Å²) in [7, 11) is 0. The Bertz CT molecular complexity index is 1300. The number of ether oxygens (including phenoxy) is 2. The lowest BCUT2D eigenvalue weighted by atomic mass is 9.98. The van der Waals surface area contributed by atoms with E-state index in [-0.39, 0.29) is 12.8 Å². The third-order valence-electron chi connectivity index (χ3n) is 16.2. The zero-order valence-electron chi connectivity index (χ0n) is 50.2. The highest BCUT2D eigenvalue weighted by Crippen LogP contribution is 2.24. The van der Waals surface area contributed by atoms with Crippen molar-refractivity contribution < 1.29 is 50.0 Å².